The van der Waals surface area contributed by atoms with Gasteiger partial charge in [-0.1, -0.05) is 11.6 Å². The molecule has 1 saturated carbocycles. The van der Waals surface area contributed by atoms with Crippen molar-refractivity contribution in [3.63, 3.8) is 0 Å². The lowest BCUT2D eigenvalue weighted by atomic mass is 10.2. The summed E-state index contributed by atoms with van der Waals surface area (Å²) in [5.41, 5.74) is 0.952. The Labute approximate surface area is 131 Å². The number of hydrogen-bond acceptors (Lipinski definition) is 5. The van der Waals surface area contributed by atoms with Gasteiger partial charge in [0.05, 0.1) is 0 Å². The van der Waals surface area contributed by atoms with Crippen molar-refractivity contribution in [2.75, 3.05) is 45.6 Å². The second-order valence-corrected chi connectivity index (χ2v) is 6.76. The van der Waals surface area contributed by atoms with Crippen LogP contribution < -0.4 is 5.32 Å². The molecule has 1 unspecified atom stereocenters. The average molecular weight is 310 g/mol. The van der Waals surface area contributed by atoms with Crippen molar-refractivity contribution < 1.29 is 0 Å². The molecule has 1 aliphatic carbocycles. The number of nitrogens with zero attached hydrogens (tertiary/aromatic N) is 4. The molecule has 1 N–H and O–H groups in total. The largest absolute Gasteiger partial charge is 0.368 e. The van der Waals surface area contributed by atoms with Crippen LogP contribution in [0.5, 0.6) is 0 Å². The van der Waals surface area contributed by atoms with Gasteiger partial charge in [-0.25, -0.2) is 9.97 Å². The molecule has 1 saturated heterocycles. The molecule has 2 heterocycles. The zero-order chi connectivity index (χ0) is 15.0. The molecule has 5 nitrogen and oxygen atoms in total. The number of rotatable bonds is 4. The molecule has 0 radical (unpaired) electrons. The summed E-state index contributed by atoms with van der Waals surface area (Å²) in [5, 5.41) is 4.08. The predicted octanol–water partition coefficient (Wildman–Crippen LogP) is 1.97. The summed E-state index contributed by atoms with van der Waals surface area (Å²) in [6.07, 6.45) is 2.38. The quantitative estimate of drug-likeness (QED) is 0.862. The fourth-order valence-corrected chi connectivity index (χ4v) is 2.91. The van der Waals surface area contributed by atoms with Crippen LogP contribution in [0.15, 0.2) is 0 Å². The molecule has 1 aliphatic heterocycles. The van der Waals surface area contributed by atoms with E-state index in [-0.39, 0.29) is 0 Å². The molecule has 1 atom stereocenters. The topological polar surface area (TPSA) is 44.3 Å². The smallest absolute Gasteiger partial charge is 0.137 e. The van der Waals surface area contributed by atoms with Crippen LogP contribution in [0.25, 0.3) is 0 Å². The van der Waals surface area contributed by atoms with Gasteiger partial charge in [-0.2, -0.15) is 0 Å². The van der Waals surface area contributed by atoms with Gasteiger partial charge in [0.25, 0.3) is 0 Å². The predicted molar refractivity (Wildman–Crippen MR) is 86.2 cm³/mol. The maximum absolute atomic E-state index is 6.25. The van der Waals surface area contributed by atoms with Crippen LogP contribution in [-0.4, -0.2) is 66.1 Å². The molecule has 0 aromatic carbocycles. The van der Waals surface area contributed by atoms with E-state index in [4.69, 9.17) is 11.6 Å². The lowest BCUT2D eigenvalue weighted by Crippen LogP contribution is -2.52. The van der Waals surface area contributed by atoms with Crippen LogP contribution in [0, 0.1) is 6.92 Å². The summed E-state index contributed by atoms with van der Waals surface area (Å²) in [4.78, 5) is 13.9. The summed E-state index contributed by atoms with van der Waals surface area (Å²) in [5.74, 6) is 2.33. The third-order valence-electron chi connectivity index (χ3n) is 4.53. The van der Waals surface area contributed by atoms with E-state index in [0.29, 0.717) is 17.1 Å². The van der Waals surface area contributed by atoms with Crippen LogP contribution in [-0.2, 0) is 0 Å². The fraction of sp³-hybridized carbons (Fsp3) is 0.733. The summed E-state index contributed by atoms with van der Waals surface area (Å²) in [7, 11) is 4.37. The number of hydrogen-bond donors (Lipinski definition) is 1. The van der Waals surface area contributed by atoms with Gasteiger partial charge in [0.1, 0.15) is 16.8 Å². The summed E-state index contributed by atoms with van der Waals surface area (Å²) in [6.45, 7) is 6.20. The second kappa shape index (κ2) is 6.07. The minimum absolute atomic E-state index is 0.501. The molecule has 6 heteroatoms. The number of piperazine rings is 1. The van der Waals surface area contributed by atoms with Crippen LogP contribution >= 0.6 is 11.6 Å². The summed E-state index contributed by atoms with van der Waals surface area (Å²) in [6, 6.07) is 0.501. The van der Waals surface area contributed by atoms with Crippen molar-refractivity contribution in [1.82, 2.24) is 19.8 Å². The normalized spacial score (nSPS) is 24.3. The maximum Gasteiger partial charge on any atom is 0.137 e. The van der Waals surface area contributed by atoms with Crippen molar-refractivity contribution in [1.29, 1.82) is 0 Å². The standard InChI is InChI=1S/C15H24ClN5/c1-10-13(16)18-15(11-4-5-11)19-14(10)17-8-12-9-20(2)6-7-21(12)3/h11-12H,4-9H2,1-3H3,(H,17,18,19). The lowest BCUT2D eigenvalue weighted by molar-refractivity contribution is 0.122. The van der Waals surface area contributed by atoms with E-state index in [0.717, 1.165) is 43.4 Å². The van der Waals surface area contributed by atoms with Crippen molar-refractivity contribution in [2.24, 2.45) is 0 Å². The zero-order valence-corrected chi connectivity index (χ0v) is 13.8. The molecular formula is C15H24ClN5. The van der Waals surface area contributed by atoms with Gasteiger partial charge in [-0.3, -0.25) is 4.90 Å². The van der Waals surface area contributed by atoms with Crippen LogP contribution in [0.3, 0.4) is 0 Å². The van der Waals surface area contributed by atoms with Crippen LogP contribution in [0.2, 0.25) is 5.15 Å². The molecule has 116 valence electrons. The fourth-order valence-electron chi connectivity index (χ4n) is 2.74. The van der Waals surface area contributed by atoms with Gasteiger partial charge in [0.15, 0.2) is 0 Å². The van der Waals surface area contributed by atoms with Gasteiger partial charge in [-0.05, 0) is 33.9 Å². The van der Waals surface area contributed by atoms with E-state index in [1.54, 1.807) is 0 Å². The highest BCUT2D eigenvalue weighted by molar-refractivity contribution is 6.30. The average Bonchev–Trinajstić information content (AvgIpc) is 3.28. The van der Waals surface area contributed by atoms with Crippen molar-refractivity contribution in [3.05, 3.63) is 16.5 Å². The van der Waals surface area contributed by atoms with E-state index >= 15 is 0 Å². The van der Waals surface area contributed by atoms with Crippen LogP contribution in [0.1, 0.15) is 30.1 Å². The van der Waals surface area contributed by atoms with Gasteiger partial charge in [0.2, 0.25) is 0 Å². The van der Waals surface area contributed by atoms with Crippen molar-refractivity contribution >= 4 is 17.4 Å². The molecule has 3 rings (SSSR count). The first-order chi connectivity index (χ1) is 10.0. The Balaban J connectivity index is 1.69. The molecule has 2 fully saturated rings. The van der Waals surface area contributed by atoms with Gasteiger partial charge < -0.3 is 10.2 Å². The third kappa shape index (κ3) is 3.47. The Morgan fingerprint density at radius 1 is 1.24 bits per heavy atom. The lowest BCUT2D eigenvalue weighted by Gasteiger charge is -2.37. The van der Waals surface area contributed by atoms with Crippen molar-refractivity contribution in [3.8, 4) is 0 Å². The van der Waals surface area contributed by atoms with E-state index < -0.39 is 0 Å². The monoisotopic (exact) mass is 309 g/mol. The SMILES string of the molecule is Cc1c(Cl)nc(C2CC2)nc1NCC1CN(C)CCN1C. The molecule has 0 bridgehead atoms. The number of likely N-dealkylation sites (N-methyl/N-ethyl adjacent to an activating group) is 2. The Bertz CT molecular complexity index is 517. The number of aromatic nitrogens is 2. The Morgan fingerprint density at radius 3 is 2.71 bits per heavy atom. The minimum atomic E-state index is 0.501. The first-order valence-electron chi connectivity index (χ1n) is 7.71. The first kappa shape index (κ1) is 15.0. The highest BCUT2D eigenvalue weighted by Gasteiger charge is 2.28. The number of anilines is 1. The molecule has 1 aromatic heterocycles. The van der Waals surface area contributed by atoms with E-state index in [2.05, 4.69) is 39.2 Å². The number of halogens is 1. The molecular weight excluding hydrogens is 286 g/mol. The zero-order valence-electron chi connectivity index (χ0n) is 13.1. The first-order valence-corrected chi connectivity index (χ1v) is 8.09. The molecule has 1 aromatic rings. The van der Waals surface area contributed by atoms with Crippen LogP contribution in [0.4, 0.5) is 5.82 Å². The Hall–Kier alpha value is -0.910. The van der Waals surface area contributed by atoms with E-state index in [1.165, 1.54) is 12.8 Å². The highest BCUT2D eigenvalue weighted by atomic mass is 35.5. The van der Waals surface area contributed by atoms with E-state index in [1.807, 2.05) is 6.92 Å². The molecule has 0 amide bonds. The maximum atomic E-state index is 6.25. The molecule has 2 aliphatic rings. The van der Waals surface area contributed by atoms with Gasteiger partial charge >= 0.3 is 0 Å². The van der Waals surface area contributed by atoms with Gasteiger partial charge in [0, 0.05) is 43.7 Å². The minimum Gasteiger partial charge on any atom is -0.368 e. The third-order valence-corrected chi connectivity index (χ3v) is 4.90. The van der Waals surface area contributed by atoms with E-state index in [9.17, 15) is 0 Å². The summed E-state index contributed by atoms with van der Waals surface area (Å²) >= 11 is 6.25. The number of nitrogens with one attached hydrogen (secondary N) is 1. The second-order valence-electron chi connectivity index (χ2n) is 6.40. The highest BCUT2D eigenvalue weighted by Crippen LogP contribution is 2.39. The summed E-state index contributed by atoms with van der Waals surface area (Å²) < 4.78 is 0. The van der Waals surface area contributed by atoms with Crippen molar-refractivity contribution in [2.45, 2.75) is 31.7 Å². The molecule has 21 heavy (non-hydrogen) atoms. The Kier molecular flexibility index (Phi) is 4.33. The van der Waals surface area contributed by atoms with Gasteiger partial charge in [-0.15, -0.1) is 0 Å². The molecule has 0 spiro atoms. The Morgan fingerprint density at radius 2 is 2.00 bits per heavy atom.